The van der Waals surface area contributed by atoms with Crippen molar-refractivity contribution in [2.75, 3.05) is 26.2 Å². The summed E-state index contributed by atoms with van der Waals surface area (Å²) in [5.41, 5.74) is -2.72. The van der Waals surface area contributed by atoms with Gasteiger partial charge in [-0.1, -0.05) is 0 Å². The summed E-state index contributed by atoms with van der Waals surface area (Å²) in [6.45, 7) is 1.94. The van der Waals surface area contributed by atoms with E-state index in [1.54, 1.807) is 10.7 Å². The summed E-state index contributed by atoms with van der Waals surface area (Å²) in [6.07, 6.45) is -7.51. The van der Waals surface area contributed by atoms with Gasteiger partial charge in [0, 0.05) is 32.7 Å². The number of carbonyl (C=O) groups is 2. The van der Waals surface area contributed by atoms with Gasteiger partial charge < -0.3 is 19.9 Å². The molecule has 1 aliphatic carbocycles. The topological polar surface area (TPSA) is 79.7 Å². The third-order valence-corrected chi connectivity index (χ3v) is 7.57. The van der Waals surface area contributed by atoms with Crippen molar-refractivity contribution < 1.29 is 40.7 Å². The van der Waals surface area contributed by atoms with Crippen molar-refractivity contribution in [3.8, 4) is 0 Å². The zero-order valence-corrected chi connectivity index (χ0v) is 20.9. The Morgan fingerprint density at radius 3 is 2.26 bits per heavy atom. The molecule has 0 atom stereocenters. The Bertz CT molecular complexity index is 1220. The molecule has 2 aromatic rings. The molecule has 1 N–H and O–H groups in total. The molecule has 3 aliphatic rings. The van der Waals surface area contributed by atoms with Crippen LogP contribution in [-0.2, 0) is 36.8 Å². The van der Waals surface area contributed by atoms with Gasteiger partial charge in [0.05, 0.1) is 28.9 Å². The molecule has 2 amide bonds. The number of carbonyl (C=O) groups excluding carboxylic acids is 2. The van der Waals surface area contributed by atoms with Gasteiger partial charge in [-0.05, 0) is 55.5 Å². The molecule has 14 heteroatoms. The molecule has 2 aliphatic heterocycles. The van der Waals surface area contributed by atoms with E-state index >= 15 is 0 Å². The van der Waals surface area contributed by atoms with E-state index < -0.39 is 41.7 Å². The number of rotatable bonds is 3. The molecule has 1 aromatic heterocycles. The van der Waals surface area contributed by atoms with Crippen molar-refractivity contribution in [1.82, 2.24) is 24.9 Å². The van der Waals surface area contributed by atoms with Crippen LogP contribution in [0.15, 0.2) is 24.3 Å². The maximum absolute atomic E-state index is 13.3. The summed E-state index contributed by atoms with van der Waals surface area (Å²) in [4.78, 5) is 29.3. The van der Waals surface area contributed by atoms with Crippen LogP contribution in [0.25, 0.3) is 0 Å². The number of nitrogens with one attached hydrogen (secondary N) is 1. The average Bonchev–Trinajstić information content (AvgIpc) is 3.15. The lowest BCUT2D eigenvalue weighted by Crippen LogP contribution is -2.66. The van der Waals surface area contributed by atoms with Crippen LogP contribution in [0, 0.1) is 0 Å². The van der Waals surface area contributed by atoms with Gasteiger partial charge in [0.15, 0.2) is 5.69 Å². The van der Waals surface area contributed by atoms with E-state index in [9.17, 15) is 35.9 Å². The summed E-state index contributed by atoms with van der Waals surface area (Å²) in [5.74, 6) is -0.170. The third kappa shape index (κ3) is 5.56. The van der Waals surface area contributed by atoms with Gasteiger partial charge in [-0.3, -0.25) is 9.48 Å². The Morgan fingerprint density at radius 1 is 0.949 bits per heavy atom. The number of alkyl halides is 6. The van der Waals surface area contributed by atoms with Crippen molar-refractivity contribution in [3.05, 3.63) is 52.3 Å². The first-order chi connectivity index (χ1) is 18.4. The van der Waals surface area contributed by atoms with Gasteiger partial charge >= 0.3 is 18.4 Å². The molecule has 8 nitrogen and oxygen atoms in total. The van der Waals surface area contributed by atoms with Gasteiger partial charge in [-0.15, -0.1) is 0 Å². The normalized spacial score (nSPS) is 19.3. The van der Waals surface area contributed by atoms with Gasteiger partial charge in [-0.2, -0.15) is 31.4 Å². The van der Waals surface area contributed by atoms with E-state index in [4.69, 9.17) is 4.74 Å². The number of nitrogens with zero attached hydrogens (tertiary/aromatic N) is 4. The number of piperazine rings is 1. The number of hydrogen-bond acceptors (Lipinski definition) is 5. The minimum Gasteiger partial charge on any atom is -0.445 e. The first-order valence-electron chi connectivity index (χ1n) is 12.7. The maximum atomic E-state index is 13.3. The van der Waals surface area contributed by atoms with Crippen LogP contribution in [-0.4, -0.2) is 63.3 Å². The maximum Gasteiger partial charge on any atom is 0.416 e. The zero-order chi connectivity index (χ0) is 28.0. The Labute approximate surface area is 219 Å². The van der Waals surface area contributed by atoms with E-state index in [-0.39, 0.29) is 36.3 Å². The summed E-state index contributed by atoms with van der Waals surface area (Å²) >= 11 is 0. The van der Waals surface area contributed by atoms with Crippen LogP contribution in [0.5, 0.6) is 0 Å². The monoisotopic (exact) mass is 559 g/mol. The van der Waals surface area contributed by atoms with E-state index in [1.165, 1.54) is 4.90 Å². The molecule has 0 bridgehead atoms. The van der Waals surface area contributed by atoms with Crippen LogP contribution >= 0.6 is 0 Å². The van der Waals surface area contributed by atoms with Gasteiger partial charge in [-0.25, -0.2) is 4.79 Å². The highest BCUT2D eigenvalue weighted by atomic mass is 19.4. The fourth-order valence-corrected chi connectivity index (χ4v) is 5.39. The molecule has 1 spiro atoms. The van der Waals surface area contributed by atoms with Crippen LogP contribution in [0.4, 0.5) is 31.1 Å². The largest absolute Gasteiger partial charge is 0.445 e. The molecule has 1 aromatic carbocycles. The Kier molecular flexibility index (Phi) is 7.02. The lowest BCUT2D eigenvalue weighted by atomic mass is 9.74. The molecule has 2 fully saturated rings. The lowest BCUT2D eigenvalue weighted by Gasteiger charge is -2.53. The second kappa shape index (κ2) is 10.0. The van der Waals surface area contributed by atoms with Gasteiger partial charge in [0.2, 0.25) is 0 Å². The number of hydrogen-bond donors (Lipinski definition) is 1. The second-order valence-electron chi connectivity index (χ2n) is 10.2. The van der Waals surface area contributed by atoms with Crippen molar-refractivity contribution in [1.29, 1.82) is 0 Å². The number of benzene rings is 1. The highest BCUT2D eigenvalue weighted by Gasteiger charge is 2.47. The molecule has 0 unspecified atom stereocenters. The predicted octanol–water partition coefficient (Wildman–Crippen LogP) is 4.43. The third-order valence-electron chi connectivity index (χ3n) is 7.57. The molecular formula is C25H27F6N5O3. The van der Waals surface area contributed by atoms with Crippen LogP contribution in [0.2, 0.25) is 0 Å². The molecule has 1 saturated carbocycles. The van der Waals surface area contributed by atoms with Gasteiger partial charge in [0.1, 0.15) is 6.61 Å². The van der Waals surface area contributed by atoms with Gasteiger partial charge in [0.25, 0.3) is 5.91 Å². The lowest BCUT2D eigenvalue weighted by molar-refractivity contribution is -0.143. The number of amides is 2. The molecule has 0 radical (unpaired) electrons. The van der Waals surface area contributed by atoms with Crippen LogP contribution in [0.3, 0.4) is 0 Å². The van der Waals surface area contributed by atoms with Crippen LogP contribution in [0.1, 0.15) is 58.6 Å². The number of fused-ring (bicyclic) bond motifs is 1. The SMILES string of the molecule is O=C(OCc1cc(C(F)(F)F)cc(C(F)(F)F)c1)N1CCCn2nc(C(=O)N3CCNCC34CCC4)cc2C1. The fourth-order valence-electron chi connectivity index (χ4n) is 5.39. The smallest absolute Gasteiger partial charge is 0.416 e. The highest BCUT2D eigenvalue weighted by molar-refractivity contribution is 5.93. The quantitative estimate of drug-likeness (QED) is 0.563. The molecule has 3 heterocycles. The molecule has 1 saturated heterocycles. The van der Waals surface area contributed by atoms with Crippen molar-refractivity contribution in [2.24, 2.45) is 0 Å². The molecule has 39 heavy (non-hydrogen) atoms. The summed E-state index contributed by atoms with van der Waals surface area (Å²) in [7, 11) is 0. The minimum atomic E-state index is -5.00. The fraction of sp³-hybridized carbons (Fsp3) is 0.560. The minimum absolute atomic E-state index is 0.0212. The van der Waals surface area contributed by atoms with Crippen molar-refractivity contribution in [2.45, 2.75) is 63.3 Å². The van der Waals surface area contributed by atoms with E-state index in [0.717, 1.165) is 25.8 Å². The first-order valence-corrected chi connectivity index (χ1v) is 12.7. The second-order valence-corrected chi connectivity index (χ2v) is 10.2. The standard InChI is InChI=1S/C25H27F6N5O3/c26-24(27,28)17-9-16(10-18(11-17)25(29,30)31)14-39-22(38)34-6-2-7-36-19(13-34)12-20(33-36)21(37)35-8-5-32-15-23(35)3-1-4-23/h9-12,32H,1-8,13-15H2. The van der Waals surface area contributed by atoms with Crippen molar-refractivity contribution >= 4 is 12.0 Å². The van der Waals surface area contributed by atoms with E-state index in [1.807, 2.05) is 4.90 Å². The number of aryl methyl sites for hydroxylation is 1. The summed E-state index contributed by atoms with van der Waals surface area (Å²) in [5, 5.41) is 7.82. The predicted molar refractivity (Wildman–Crippen MR) is 124 cm³/mol. The number of aromatic nitrogens is 2. The molecular weight excluding hydrogens is 532 g/mol. The highest BCUT2D eigenvalue weighted by Crippen LogP contribution is 2.39. The van der Waals surface area contributed by atoms with E-state index in [0.29, 0.717) is 43.9 Å². The summed E-state index contributed by atoms with van der Waals surface area (Å²) in [6, 6.07) is 2.71. The first kappa shape index (κ1) is 27.3. The molecule has 212 valence electrons. The number of halogens is 6. The average molecular weight is 560 g/mol. The van der Waals surface area contributed by atoms with Crippen molar-refractivity contribution in [3.63, 3.8) is 0 Å². The molecule has 5 rings (SSSR count). The number of ether oxygens (including phenoxy) is 1. The zero-order valence-electron chi connectivity index (χ0n) is 20.9. The Balaban J connectivity index is 1.27. The Morgan fingerprint density at radius 2 is 1.64 bits per heavy atom. The van der Waals surface area contributed by atoms with Crippen LogP contribution < -0.4 is 5.32 Å². The van der Waals surface area contributed by atoms with E-state index in [2.05, 4.69) is 10.4 Å². The Hall–Kier alpha value is -3.29. The summed E-state index contributed by atoms with van der Waals surface area (Å²) < 4.78 is 85.6.